The molecular weight excluding hydrogens is 376 g/mol. The molecule has 1 amide bonds. The lowest BCUT2D eigenvalue weighted by atomic mass is 10.2. The van der Waals surface area contributed by atoms with E-state index < -0.39 is 6.61 Å². The second-order valence-electron chi connectivity index (χ2n) is 5.39. The zero-order chi connectivity index (χ0) is 19.2. The molecule has 0 aliphatic heterocycles. The number of nitrogens with zero attached hydrogens (tertiary/aromatic N) is 2. The number of rotatable bonds is 7. The maximum atomic E-state index is 12.2. The molecule has 9 heteroatoms. The van der Waals surface area contributed by atoms with E-state index in [0.29, 0.717) is 27.9 Å². The molecule has 0 radical (unpaired) electrons. The highest BCUT2D eigenvalue weighted by Gasteiger charge is 2.11. The summed E-state index contributed by atoms with van der Waals surface area (Å²) in [6.07, 6.45) is 3.15. The van der Waals surface area contributed by atoms with E-state index in [1.165, 1.54) is 30.0 Å². The summed E-state index contributed by atoms with van der Waals surface area (Å²) in [5.74, 6) is 0.483. The molecule has 2 heterocycles. The van der Waals surface area contributed by atoms with Gasteiger partial charge >= 0.3 is 6.61 Å². The van der Waals surface area contributed by atoms with Crippen molar-refractivity contribution in [2.45, 2.75) is 18.7 Å². The van der Waals surface area contributed by atoms with Gasteiger partial charge < -0.3 is 14.5 Å². The summed E-state index contributed by atoms with van der Waals surface area (Å²) in [5.41, 5.74) is 1.76. The first kappa shape index (κ1) is 18.8. The molecule has 0 spiro atoms. The van der Waals surface area contributed by atoms with Gasteiger partial charge in [-0.25, -0.2) is 9.97 Å². The molecule has 3 rings (SSSR count). The summed E-state index contributed by atoms with van der Waals surface area (Å²) < 4.78 is 34.1. The van der Waals surface area contributed by atoms with Crippen LogP contribution < -0.4 is 10.1 Å². The standard InChI is InChI=1S/C18H15F2N3O3S/c1-11-9-12(26-17(19)20)4-5-13(11)22-16(24)10-27-18-21-7-6-14(23-18)15-3-2-8-25-15/h2-9,17H,10H2,1H3,(H,22,24). The topological polar surface area (TPSA) is 77.2 Å². The van der Waals surface area contributed by atoms with E-state index >= 15 is 0 Å². The van der Waals surface area contributed by atoms with E-state index in [0.717, 1.165) is 0 Å². The third kappa shape index (κ3) is 5.27. The van der Waals surface area contributed by atoms with Gasteiger partial charge in [0.05, 0.1) is 12.0 Å². The number of furan rings is 1. The highest BCUT2D eigenvalue weighted by Crippen LogP contribution is 2.24. The number of hydrogen-bond donors (Lipinski definition) is 1. The first-order valence-electron chi connectivity index (χ1n) is 7.86. The summed E-state index contributed by atoms with van der Waals surface area (Å²) in [5, 5.41) is 3.17. The van der Waals surface area contributed by atoms with Crippen molar-refractivity contribution in [3.8, 4) is 17.2 Å². The van der Waals surface area contributed by atoms with Crippen LogP contribution in [0.2, 0.25) is 0 Å². The predicted molar refractivity (Wildman–Crippen MR) is 96.9 cm³/mol. The van der Waals surface area contributed by atoms with E-state index in [2.05, 4.69) is 20.0 Å². The first-order valence-corrected chi connectivity index (χ1v) is 8.85. The van der Waals surface area contributed by atoms with Crippen molar-refractivity contribution in [1.82, 2.24) is 9.97 Å². The Morgan fingerprint density at radius 3 is 2.89 bits per heavy atom. The van der Waals surface area contributed by atoms with E-state index in [1.54, 1.807) is 37.6 Å². The zero-order valence-electron chi connectivity index (χ0n) is 14.2. The highest BCUT2D eigenvalue weighted by molar-refractivity contribution is 7.99. The van der Waals surface area contributed by atoms with Crippen molar-refractivity contribution in [2.24, 2.45) is 0 Å². The van der Waals surface area contributed by atoms with Crippen molar-refractivity contribution in [1.29, 1.82) is 0 Å². The van der Waals surface area contributed by atoms with Crippen LogP contribution in [0.1, 0.15) is 5.56 Å². The van der Waals surface area contributed by atoms with Gasteiger partial charge in [0.15, 0.2) is 10.9 Å². The van der Waals surface area contributed by atoms with Crippen LogP contribution in [0.4, 0.5) is 14.5 Å². The number of amides is 1. The van der Waals surface area contributed by atoms with E-state index in [-0.39, 0.29) is 17.4 Å². The molecule has 0 saturated heterocycles. The lowest BCUT2D eigenvalue weighted by Crippen LogP contribution is -2.15. The Balaban J connectivity index is 1.58. The van der Waals surface area contributed by atoms with Gasteiger partial charge in [0, 0.05) is 11.9 Å². The number of carbonyl (C=O) groups excluding carboxylic acids is 1. The number of aryl methyl sites for hydroxylation is 1. The summed E-state index contributed by atoms with van der Waals surface area (Å²) in [7, 11) is 0. The fraction of sp³-hybridized carbons (Fsp3) is 0.167. The lowest BCUT2D eigenvalue weighted by molar-refractivity contribution is -0.113. The minimum absolute atomic E-state index is 0.0398. The number of benzene rings is 1. The fourth-order valence-electron chi connectivity index (χ4n) is 2.24. The molecule has 1 aromatic carbocycles. The van der Waals surface area contributed by atoms with Crippen LogP contribution in [0.5, 0.6) is 5.75 Å². The molecular formula is C18H15F2N3O3S. The number of alkyl halides is 2. The smallest absolute Gasteiger partial charge is 0.387 e. The molecule has 0 bridgehead atoms. The fourth-order valence-corrected chi connectivity index (χ4v) is 2.87. The Kier molecular flexibility index (Phi) is 6.02. The molecule has 1 N–H and O–H groups in total. The number of nitrogens with one attached hydrogen (secondary N) is 1. The quantitative estimate of drug-likeness (QED) is 0.476. The van der Waals surface area contributed by atoms with Crippen LogP contribution in [-0.4, -0.2) is 28.2 Å². The molecule has 2 aromatic heterocycles. The largest absolute Gasteiger partial charge is 0.463 e. The summed E-state index contributed by atoms with van der Waals surface area (Å²) in [6, 6.07) is 9.59. The van der Waals surface area contributed by atoms with Crippen LogP contribution in [-0.2, 0) is 4.79 Å². The Labute approximate surface area is 158 Å². The Bertz CT molecular complexity index is 920. The maximum Gasteiger partial charge on any atom is 0.387 e. The molecule has 3 aromatic rings. The molecule has 0 fully saturated rings. The second-order valence-corrected chi connectivity index (χ2v) is 6.34. The Morgan fingerprint density at radius 1 is 1.33 bits per heavy atom. The summed E-state index contributed by atoms with van der Waals surface area (Å²) in [4.78, 5) is 20.6. The molecule has 0 atom stereocenters. The lowest BCUT2D eigenvalue weighted by Gasteiger charge is -2.10. The van der Waals surface area contributed by atoms with Gasteiger partial charge in [-0.05, 0) is 48.9 Å². The number of thioether (sulfide) groups is 1. The SMILES string of the molecule is Cc1cc(OC(F)F)ccc1NC(=O)CSc1nccc(-c2ccco2)n1. The van der Waals surface area contributed by atoms with Crippen molar-refractivity contribution in [2.75, 3.05) is 11.1 Å². The first-order chi connectivity index (χ1) is 13.0. The second kappa shape index (κ2) is 8.63. The molecule has 27 heavy (non-hydrogen) atoms. The number of anilines is 1. The highest BCUT2D eigenvalue weighted by atomic mass is 32.2. The maximum absolute atomic E-state index is 12.2. The van der Waals surface area contributed by atoms with Crippen molar-refractivity contribution in [3.63, 3.8) is 0 Å². The van der Waals surface area contributed by atoms with Crippen LogP contribution in [0.3, 0.4) is 0 Å². The van der Waals surface area contributed by atoms with Crippen molar-refractivity contribution >= 4 is 23.4 Å². The normalized spacial score (nSPS) is 10.8. The Morgan fingerprint density at radius 2 is 2.19 bits per heavy atom. The van der Waals surface area contributed by atoms with Gasteiger partial charge in [-0.15, -0.1) is 0 Å². The molecule has 0 saturated carbocycles. The zero-order valence-corrected chi connectivity index (χ0v) is 15.0. The van der Waals surface area contributed by atoms with E-state index in [1.807, 2.05) is 0 Å². The number of carbonyl (C=O) groups is 1. The van der Waals surface area contributed by atoms with Gasteiger partial charge in [0.1, 0.15) is 11.4 Å². The summed E-state index contributed by atoms with van der Waals surface area (Å²) >= 11 is 1.18. The number of halogens is 2. The molecule has 0 aliphatic rings. The van der Waals surface area contributed by atoms with Crippen molar-refractivity contribution in [3.05, 3.63) is 54.4 Å². The number of ether oxygens (including phenoxy) is 1. The Hall–Kier alpha value is -2.94. The molecule has 0 aliphatic carbocycles. The van der Waals surface area contributed by atoms with Gasteiger partial charge in [-0.2, -0.15) is 8.78 Å². The average Bonchev–Trinajstić information content (AvgIpc) is 3.17. The molecule has 0 unspecified atom stereocenters. The van der Waals surface area contributed by atoms with Crippen LogP contribution >= 0.6 is 11.8 Å². The number of hydrogen-bond acceptors (Lipinski definition) is 6. The van der Waals surface area contributed by atoms with Gasteiger partial charge in [-0.3, -0.25) is 4.79 Å². The van der Waals surface area contributed by atoms with Crippen LogP contribution in [0.25, 0.3) is 11.5 Å². The summed E-state index contributed by atoms with van der Waals surface area (Å²) in [6.45, 7) is -1.20. The van der Waals surface area contributed by atoms with Crippen LogP contribution in [0, 0.1) is 6.92 Å². The van der Waals surface area contributed by atoms with Gasteiger partial charge in [0.2, 0.25) is 5.91 Å². The molecule has 6 nitrogen and oxygen atoms in total. The van der Waals surface area contributed by atoms with Gasteiger partial charge in [0.25, 0.3) is 0 Å². The predicted octanol–water partition coefficient (Wildman–Crippen LogP) is 4.38. The minimum atomic E-state index is -2.89. The monoisotopic (exact) mass is 391 g/mol. The van der Waals surface area contributed by atoms with Crippen LogP contribution in [0.15, 0.2) is 58.4 Å². The van der Waals surface area contributed by atoms with E-state index in [9.17, 15) is 13.6 Å². The minimum Gasteiger partial charge on any atom is -0.463 e. The molecule has 140 valence electrons. The third-order valence-electron chi connectivity index (χ3n) is 3.44. The van der Waals surface area contributed by atoms with E-state index in [4.69, 9.17) is 4.42 Å². The van der Waals surface area contributed by atoms with Gasteiger partial charge in [-0.1, -0.05) is 11.8 Å². The average molecular weight is 391 g/mol. The van der Waals surface area contributed by atoms with Crippen molar-refractivity contribution < 1.29 is 22.7 Å². The number of aromatic nitrogens is 2. The third-order valence-corrected chi connectivity index (χ3v) is 4.30.